The minimum Gasteiger partial charge on any atom is -0.352 e. The molecule has 6 heteroatoms. The zero-order valence-corrected chi connectivity index (χ0v) is 17.3. The molecule has 29 heavy (non-hydrogen) atoms. The summed E-state index contributed by atoms with van der Waals surface area (Å²) < 4.78 is 28.4. The molecule has 0 bridgehead atoms. The second kappa shape index (κ2) is 8.92. The van der Waals surface area contributed by atoms with Crippen LogP contribution in [-0.2, 0) is 16.4 Å². The van der Waals surface area contributed by atoms with E-state index in [1.807, 2.05) is 49.4 Å². The molecule has 3 aromatic rings. The number of sulfonamides is 1. The minimum absolute atomic E-state index is 0.0939. The van der Waals surface area contributed by atoms with Crippen molar-refractivity contribution in [1.82, 2.24) is 5.32 Å². The van der Waals surface area contributed by atoms with Gasteiger partial charge in [-0.2, -0.15) is 0 Å². The van der Waals surface area contributed by atoms with E-state index < -0.39 is 10.0 Å². The van der Waals surface area contributed by atoms with Gasteiger partial charge >= 0.3 is 0 Å². The molecule has 0 saturated carbocycles. The lowest BCUT2D eigenvalue weighted by Gasteiger charge is -2.13. The molecular weight excluding hydrogens is 384 g/mol. The number of carbonyl (C=O) groups excluding carboxylic acids is 1. The summed E-state index contributed by atoms with van der Waals surface area (Å²) in [6.45, 7) is 4.02. The van der Waals surface area contributed by atoms with Crippen LogP contribution >= 0.6 is 0 Å². The molecule has 1 amide bonds. The number of aryl methyl sites for hydroxylation is 2. The number of nitrogens with one attached hydrogen (secondary N) is 2. The zero-order chi connectivity index (χ0) is 20.9. The Balaban J connectivity index is 1.75. The summed E-state index contributed by atoms with van der Waals surface area (Å²) in [5.41, 5.74) is 3.36. The van der Waals surface area contributed by atoms with Crippen molar-refractivity contribution in [2.75, 3.05) is 11.3 Å². The highest BCUT2D eigenvalue weighted by Gasteiger charge is 2.20. The zero-order valence-electron chi connectivity index (χ0n) is 16.5. The van der Waals surface area contributed by atoms with E-state index >= 15 is 0 Å². The Labute approximate surface area is 171 Å². The summed E-state index contributed by atoms with van der Waals surface area (Å²) in [4.78, 5) is 12.6. The van der Waals surface area contributed by atoms with Crippen LogP contribution in [-0.4, -0.2) is 20.9 Å². The van der Waals surface area contributed by atoms with Gasteiger partial charge in [-0.25, -0.2) is 8.42 Å². The van der Waals surface area contributed by atoms with Crippen LogP contribution < -0.4 is 10.0 Å². The third-order valence-electron chi connectivity index (χ3n) is 4.67. The van der Waals surface area contributed by atoms with E-state index in [1.54, 1.807) is 31.2 Å². The number of para-hydroxylation sites is 1. The van der Waals surface area contributed by atoms with Crippen molar-refractivity contribution < 1.29 is 13.2 Å². The van der Waals surface area contributed by atoms with Crippen LogP contribution in [0.1, 0.15) is 27.0 Å². The lowest BCUT2D eigenvalue weighted by Crippen LogP contribution is -2.26. The molecule has 2 N–H and O–H groups in total. The van der Waals surface area contributed by atoms with E-state index in [0.29, 0.717) is 29.8 Å². The van der Waals surface area contributed by atoms with Crippen molar-refractivity contribution in [3.05, 3.63) is 95.1 Å². The predicted molar refractivity (Wildman–Crippen MR) is 116 cm³/mol. The van der Waals surface area contributed by atoms with Crippen molar-refractivity contribution in [2.24, 2.45) is 0 Å². The van der Waals surface area contributed by atoms with Crippen LogP contribution in [0.25, 0.3) is 0 Å². The second-order valence-electron chi connectivity index (χ2n) is 6.89. The molecule has 0 fully saturated rings. The SMILES string of the molecule is Cc1ccccc1NS(=O)(=O)c1cc(C(=O)NCCc2ccccc2)ccc1C. The highest BCUT2D eigenvalue weighted by atomic mass is 32.2. The molecule has 0 aliphatic rings. The predicted octanol–water partition coefficient (Wildman–Crippen LogP) is 4.08. The molecule has 0 heterocycles. The molecule has 0 aliphatic carbocycles. The van der Waals surface area contributed by atoms with Crippen LogP contribution in [0.15, 0.2) is 77.7 Å². The Hall–Kier alpha value is -3.12. The van der Waals surface area contributed by atoms with Crippen molar-refractivity contribution in [3.8, 4) is 0 Å². The smallest absolute Gasteiger partial charge is 0.262 e. The first kappa shape index (κ1) is 20.6. The van der Waals surface area contributed by atoms with Gasteiger partial charge in [0.15, 0.2) is 0 Å². The Morgan fingerprint density at radius 2 is 1.55 bits per heavy atom. The third-order valence-corrected chi connectivity index (χ3v) is 6.18. The fraction of sp³-hybridized carbons (Fsp3) is 0.174. The van der Waals surface area contributed by atoms with Gasteiger partial charge in [-0.05, 0) is 55.2 Å². The van der Waals surface area contributed by atoms with E-state index in [1.165, 1.54) is 6.07 Å². The van der Waals surface area contributed by atoms with Crippen LogP contribution in [0.4, 0.5) is 5.69 Å². The number of benzene rings is 3. The highest BCUT2D eigenvalue weighted by molar-refractivity contribution is 7.92. The summed E-state index contributed by atoms with van der Waals surface area (Å²) in [5, 5.41) is 2.85. The van der Waals surface area contributed by atoms with Gasteiger partial charge < -0.3 is 5.32 Å². The Bertz CT molecular complexity index is 1110. The first-order chi connectivity index (χ1) is 13.9. The van der Waals surface area contributed by atoms with Crippen LogP contribution in [0.2, 0.25) is 0 Å². The molecule has 0 aliphatic heterocycles. The standard InChI is InChI=1S/C23H24N2O3S/c1-17-8-6-7-11-21(17)25-29(27,28)22-16-20(13-12-18(22)2)23(26)24-15-14-19-9-4-3-5-10-19/h3-13,16,25H,14-15H2,1-2H3,(H,24,26). The van der Waals surface area contributed by atoms with Gasteiger partial charge in [0.05, 0.1) is 10.6 Å². The van der Waals surface area contributed by atoms with Gasteiger partial charge in [0.1, 0.15) is 0 Å². The molecular formula is C23H24N2O3S. The topological polar surface area (TPSA) is 75.3 Å². The van der Waals surface area contributed by atoms with Gasteiger partial charge in [0.2, 0.25) is 0 Å². The normalized spacial score (nSPS) is 11.1. The number of hydrogen-bond acceptors (Lipinski definition) is 3. The number of amides is 1. The Morgan fingerprint density at radius 1 is 0.862 bits per heavy atom. The summed E-state index contributed by atoms with van der Waals surface area (Å²) in [6.07, 6.45) is 0.707. The fourth-order valence-electron chi connectivity index (χ4n) is 2.99. The van der Waals surface area contributed by atoms with Crippen LogP contribution in [0, 0.1) is 13.8 Å². The average Bonchev–Trinajstić information content (AvgIpc) is 2.70. The molecule has 3 aromatic carbocycles. The average molecular weight is 409 g/mol. The molecule has 150 valence electrons. The van der Waals surface area contributed by atoms with Gasteiger partial charge in [-0.15, -0.1) is 0 Å². The molecule has 0 saturated heterocycles. The summed E-state index contributed by atoms with van der Waals surface area (Å²) in [5.74, 6) is -0.298. The highest BCUT2D eigenvalue weighted by Crippen LogP contribution is 2.22. The van der Waals surface area contributed by atoms with Crippen LogP contribution in [0.5, 0.6) is 0 Å². The molecule has 3 rings (SSSR count). The molecule has 0 radical (unpaired) electrons. The minimum atomic E-state index is -3.82. The van der Waals surface area contributed by atoms with Gasteiger partial charge in [-0.1, -0.05) is 54.6 Å². The monoisotopic (exact) mass is 408 g/mol. The fourth-order valence-corrected chi connectivity index (χ4v) is 4.39. The Kier molecular flexibility index (Phi) is 6.34. The molecule has 0 spiro atoms. The van der Waals surface area contributed by atoms with E-state index in [4.69, 9.17) is 0 Å². The number of hydrogen-bond donors (Lipinski definition) is 2. The molecule has 5 nitrogen and oxygen atoms in total. The van der Waals surface area contributed by atoms with Crippen molar-refractivity contribution >= 4 is 21.6 Å². The van der Waals surface area contributed by atoms with Gasteiger partial charge in [0, 0.05) is 12.1 Å². The second-order valence-corrected chi connectivity index (χ2v) is 8.54. The van der Waals surface area contributed by atoms with E-state index in [9.17, 15) is 13.2 Å². The number of anilines is 1. The number of rotatable bonds is 7. The van der Waals surface area contributed by atoms with E-state index in [2.05, 4.69) is 10.0 Å². The maximum absolute atomic E-state index is 12.9. The molecule has 0 aromatic heterocycles. The van der Waals surface area contributed by atoms with E-state index in [-0.39, 0.29) is 10.8 Å². The van der Waals surface area contributed by atoms with Crippen LogP contribution in [0.3, 0.4) is 0 Å². The third kappa shape index (κ3) is 5.23. The summed E-state index contributed by atoms with van der Waals surface area (Å²) >= 11 is 0. The lowest BCUT2D eigenvalue weighted by atomic mass is 10.1. The lowest BCUT2D eigenvalue weighted by molar-refractivity contribution is 0.0954. The largest absolute Gasteiger partial charge is 0.352 e. The first-order valence-electron chi connectivity index (χ1n) is 9.38. The number of carbonyl (C=O) groups is 1. The van der Waals surface area contributed by atoms with Gasteiger partial charge in [0.25, 0.3) is 15.9 Å². The molecule has 0 atom stereocenters. The Morgan fingerprint density at radius 3 is 2.28 bits per heavy atom. The van der Waals surface area contributed by atoms with Crippen molar-refractivity contribution in [1.29, 1.82) is 0 Å². The van der Waals surface area contributed by atoms with Crippen molar-refractivity contribution in [2.45, 2.75) is 25.2 Å². The maximum Gasteiger partial charge on any atom is 0.262 e. The van der Waals surface area contributed by atoms with Crippen molar-refractivity contribution in [3.63, 3.8) is 0 Å². The summed E-state index contributed by atoms with van der Waals surface area (Å²) in [7, 11) is -3.82. The molecule has 0 unspecified atom stereocenters. The van der Waals surface area contributed by atoms with E-state index in [0.717, 1.165) is 11.1 Å². The summed E-state index contributed by atoms with van der Waals surface area (Å²) in [6, 6.07) is 21.7. The quantitative estimate of drug-likeness (QED) is 0.619. The first-order valence-corrected chi connectivity index (χ1v) is 10.9. The van der Waals surface area contributed by atoms with Gasteiger partial charge in [-0.3, -0.25) is 9.52 Å². The maximum atomic E-state index is 12.9.